The highest BCUT2D eigenvalue weighted by atomic mass is 19.1. The highest BCUT2D eigenvalue weighted by Crippen LogP contribution is 2.30. The molecular weight excluding hydrogens is 518 g/mol. The van der Waals surface area contributed by atoms with E-state index < -0.39 is 11.6 Å². The number of methoxy groups -OCH3 is 1. The summed E-state index contributed by atoms with van der Waals surface area (Å²) in [6.45, 7) is 1.96. The molecule has 9 nitrogen and oxygen atoms in total. The van der Waals surface area contributed by atoms with Crippen molar-refractivity contribution >= 4 is 22.6 Å². The minimum Gasteiger partial charge on any atom is -0.494 e. The number of nitrogens with zero attached hydrogens (tertiary/aromatic N) is 4. The van der Waals surface area contributed by atoms with Crippen LogP contribution >= 0.6 is 0 Å². The van der Waals surface area contributed by atoms with Crippen LogP contribution in [0.25, 0.3) is 22.4 Å². The molecular formula is C29H26F2N6O3. The molecule has 5 aromatic rings. The van der Waals surface area contributed by atoms with Crippen LogP contribution in [-0.2, 0) is 6.54 Å². The van der Waals surface area contributed by atoms with Gasteiger partial charge in [0.2, 0.25) is 0 Å². The Morgan fingerprint density at radius 3 is 2.48 bits per heavy atom. The Kier molecular flexibility index (Phi) is 7.81. The van der Waals surface area contributed by atoms with Gasteiger partial charge in [-0.05, 0) is 25.1 Å². The summed E-state index contributed by atoms with van der Waals surface area (Å²) in [5.41, 5.74) is 1.45. The first kappa shape index (κ1) is 26.5. The van der Waals surface area contributed by atoms with Crippen LogP contribution in [0.2, 0.25) is 0 Å². The summed E-state index contributed by atoms with van der Waals surface area (Å²) in [6, 6.07) is 18.4. The molecule has 0 atom stereocenters. The molecule has 0 bridgehead atoms. The first-order valence-corrected chi connectivity index (χ1v) is 12.5. The Balaban J connectivity index is 1.43. The van der Waals surface area contributed by atoms with E-state index >= 15 is 0 Å². The molecule has 40 heavy (non-hydrogen) atoms. The van der Waals surface area contributed by atoms with Gasteiger partial charge in [-0.25, -0.2) is 18.7 Å². The Morgan fingerprint density at radius 1 is 1.02 bits per heavy atom. The average molecular weight is 545 g/mol. The topological polar surface area (TPSA) is 103 Å². The Bertz CT molecular complexity index is 1640. The van der Waals surface area contributed by atoms with E-state index in [0.29, 0.717) is 40.3 Å². The van der Waals surface area contributed by atoms with Gasteiger partial charge in [0.15, 0.2) is 17.4 Å². The fourth-order valence-electron chi connectivity index (χ4n) is 4.20. The molecule has 0 aliphatic carbocycles. The Labute approximate surface area is 228 Å². The van der Waals surface area contributed by atoms with Crippen molar-refractivity contribution in [3.63, 3.8) is 0 Å². The quantitative estimate of drug-likeness (QED) is 0.238. The second kappa shape index (κ2) is 11.8. The van der Waals surface area contributed by atoms with Gasteiger partial charge in [-0.1, -0.05) is 36.4 Å². The van der Waals surface area contributed by atoms with E-state index in [-0.39, 0.29) is 36.3 Å². The van der Waals surface area contributed by atoms with E-state index in [9.17, 15) is 13.6 Å². The van der Waals surface area contributed by atoms with E-state index in [2.05, 4.69) is 25.7 Å². The van der Waals surface area contributed by atoms with Gasteiger partial charge in [-0.15, -0.1) is 0 Å². The predicted octanol–water partition coefficient (Wildman–Crippen LogP) is 5.03. The maximum absolute atomic E-state index is 14.8. The third-order valence-corrected chi connectivity index (χ3v) is 6.12. The fraction of sp³-hybridized carbons (Fsp3) is 0.172. The van der Waals surface area contributed by atoms with E-state index in [0.717, 1.165) is 12.1 Å². The highest BCUT2D eigenvalue weighted by molar-refractivity contribution is 5.94. The van der Waals surface area contributed by atoms with Gasteiger partial charge in [0.1, 0.15) is 23.1 Å². The zero-order valence-corrected chi connectivity index (χ0v) is 21.8. The summed E-state index contributed by atoms with van der Waals surface area (Å²) in [4.78, 5) is 21.4. The summed E-state index contributed by atoms with van der Waals surface area (Å²) >= 11 is 0. The van der Waals surface area contributed by atoms with E-state index in [1.165, 1.54) is 18.0 Å². The lowest BCUT2D eigenvalue weighted by Crippen LogP contribution is -2.29. The number of carbonyl (C=O) groups is 1. The van der Waals surface area contributed by atoms with Crippen molar-refractivity contribution in [2.75, 3.05) is 25.7 Å². The number of fused-ring (bicyclic) bond motifs is 1. The number of aromatic nitrogens is 4. The number of halogens is 2. The predicted molar refractivity (Wildman–Crippen MR) is 146 cm³/mol. The molecule has 2 heterocycles. The van der Waals surface area contributed by atoms with Crippen LogP contribution in [0.15, 0.2) is 72.9 Å². The van der Waals surface area contributed by atoms with Crippen LogP contribution in [0.4, 0.5) is 14.6 Å². The van der Waals surface area contributed by atoms with Gasteiger partial charge in [0.25, 0.3) is 5.91 Å². The normalized spacial score (nSPS) is 10.9. The number of para-hydroxylation sites is 1. The first-order chi connectivity index (χ1) is 19.5. The third-order valence-electron chi connectivity index (χ3n) is 6.12. The summed E-state index contributed by atoms with van der Waals surface area (Å²) in [7, 11) is 1.48. The average Bonchev–Trinajstić information content (AvgIpc) is 3.34. The molecule has 0 saturated carbocycles. The lowest BCUT2D eigenvalue weighted by atomic mass is 10.1. The van der Waals surface area contributed by atoms with Crippen molar-refractivity contribution in [3.05, 3.63) is 95.7 Å². The zero-order chi connectivity index (χ0) is 28.1. The SMILES string of the molecule is CCOc1cc(F)c(Cn2nc(-c3ncc(OC)c(NCNC(=O)c4ccccc4)n3)c3ccccc32)c(F)c1. The maximum atomic E-state index is 14.8. The second-order valence-corrected chi connectivity index (χ2v) is 8.66. The number of nitrogens with one attached hydrogen (secondary N) is 2. The number of hydrogen-bond donors (Lipinski definition) is 2. The van der Waals surface area contributed by atoms with Gasteiger partial charge in [0, 0.05) is 28.6 Å². The highest BCUT2D eigenvalue weighted by Gasteiger charge is 2.20. The van der Waals surface area contributed by atoms with Crippen molar-refractivity contribution in [2.45, 2.75) is 13.5 Å². The molecule has 5 rings (SSSR count). The smallest absolute Gasteiger partial charge is 0.252 e. The van der Waals surface area contributed by atoms with Crippen LogP contribution in [0.3, 0.4) is 0 Å². The maximum Gasteiger partial charge on any atom is 0.252 e. The van der Waals surface area contributed by atoms with Crippen LogP contribution in [0.5, 0.6) is 11.5 Å². The van der Waals surface area contributed by atoms with Crippen molar-refractivity contribution in [3.8, 4) is 23.0 Å². The monoisotopic (exact) mass is 544 g/mol. The molecule has 204 valence electrons. The van der Waals surface area contributed by atoms with Crippen LogP contribution < -0.4 is 20.1 Å². The van der Waals surface area contributed by atoms with Crippen molar-refractivity contribution in [1.29, 1.82) is 0 Å². The fourth-order valence-corrected chi connectivity index (χ4v) is 4.20. The van der Waals surface area contributed by atoms with Gasteiger partial charge in [-0.2, -0.15) is 5.10 Å². The van der Waals surface area contributed by atoms with Crippen LogP contribution in [-0.4, -0.2) is 46.0 Å². The first-order valence-electron chi connectivity index (χ1n) is 12.5. The molecule has 0 aliphatic heterocycles. The molecule has 1 amide bonds. The lowest BCUT2D eigenvalue weighted by molar-refractivity contribution is 0.0956. The van der Waals surface area contributed by atoms with Crippen LogP contribution in [0, 0.1) is 11.6 Å². The van der Waals surface area contributed by atoms with E-state index in [1.54, 1.807) is 37.3 Å². The summed E-state index contributed by atoms with van der Waals surface area (Å²) < 4.78 is 41.8. The minimum absolute atomic E-state index is 0.0754. The number of ether oxygens (including phenoxy) is 2. The number of benzene rings is 3. The van der Waals surface area contributed by atoms with Crippen molar-refractivity contribution < 1.29 is 23.0 Å². The number of amides is 1. The van der Waals surface area contributed by atoms with Gasteiger partial charge >= 0.3 is 0 Å². The molecule has 11 heteroatoms. The van der Waals surface area contributed by atoms with Crippen molar-refractivity contribution in [1.82, 2.24) is 25.1 Å². The summed E-state index contributed by atoms with van der Waals surface area (Å²) in [5, 5.41) is 11.1. The van der Waals surface area contributed by atoms with Crippen LogP contribution in [0.1, 0.15) is 22.8 Å². The zero-order valence-electron chi connectivity index (χ0n) is 21.8. The standard InChI is InChI=1S/C29H26F2N6O3/c1-3-40-19-13-22(30)21(23(31)14-19)16-37-24-12-8-7-11-20(24)26(36-37)28-32-15-25(39-2)27(35-28)33-17-34-29(38)18-9-5-4-6-10-18/h4-15H,3,16-17H2,1-2H3,(H,34,38)(H,32,33,35). The summed E-state index contributed by atoms with van der Waals surface area (Å²) in [6.07, 6.45) is 1.49. The van der Waals surface area contributed by atoms with E-state index in [1.807, 2.05) is 24.3 Å². The molecule has 0 unspecified atom stereocenters. The third kappa shape index (κ3) is 5.53. The van der Waals surface area contributed by atoms with Gasteiger partial charge in [-0.3, -0.25) is 9.48 Å². The number of rotatable bonds is 10. The molecule has 2 N–H and O–H groups in total. The van der Waals surface area contributed by atoms with Gasteiger partial charge in [0.05, 0.1) is 38.6 Å². The van der Waals surface area contributed by atoms with Crippen molar-refractivity contribution in [2.24, 2.45) is 0 Å². The molecule has 0 aliphatic rings. The number of carbonyl (C=O) groups excluding carboxylic acids is 1. The molecule has 0 fully saturated rings. The largest absolute Gasteiger partial charge is 0.494 e. The second-order valence-electron chi connectivity index (χ2n) is 8.66. The molecule has 0 saturated heterocycles. The molecule has 0 radical (unpaired) electrons. The van der Waals surface area contributed by atoms with Gasteiger partial charge < -0.3 is 20.1 Å². The molecule has 0 spiro atoms. The van der Waals surface area contributed by atoms with E-state index in [4.69, 9.17) is 9.47 Å². The molecule has 3 aromatic carbocycles. The number of hydrogen-bond acceptors (Lipinski definition) is 7. The number of anilines is 1. The Morgan fingerprint density at radius 2 is 1.75 bits per heavy atom. The Hall–Kier alpha value is -5.06. The molecule has 2 aromatic heterocycles. The summed E-state index contributed by atoms with van der Waals surface area (Å²) in [5.74, 6) is -0.620. The minimum atomic E-state index is -0.727. The lowest BCUT2D eigenvalue weighted by Gasteiger charge is -2.12.